The van der Waals surface area contributed by atoms with Crippen LogP contribution in [-0.4, -0.2) is 39.0 Å². The van der Waals surface area contributed by atoms with Crippen LogP contribution in [-0.2, 0) is 11.8 Å². The lowest BCUT2D eigenvalue weighted by Gasteiger charge is -2.36. The Morgan fingerprint density at radius 2 is 2.00 bits per heavy atom. The van der Waals surface area contributed by atoms with Gasteiger partial charge in [0, 0.05) is 24.5 Å². The highest BCUT2D eigenvalue weighted by molar-refractivity contribution is 5.97. The van der Waals surface area contributed by atoms with Crippen LogP contribution in [0.15, 0.2) is 35.1 Å². The van der Waals surface area contributed by atoms with Crippen LogP contribution in [0.1, 0.15) is 29.8 Å². The highest BCUT2D eigenvalue weighted by atomic mass is 16.4. The second kappa shape index (κ2) is 5.87. The van der Waals surface area contributed by atoms with Gasteiger partial charge in [-0.1, -0.05) is 12.1 Å². The molecule has 1 N–H and O–H groups in total. The molecular formula is C17H18N2O4. The molecule has 1 amide bonds. The summed E-state index contributed by atoms with van der Waals surface area (Å²) in [6, 6.07) is 8.32. The van der Waals surface area contributed by atoms with E-state index in [1.54, 1.807) is 35.9 Å². The SMILES string of the molecule is Cn1c(C(=O)N(CC(=O)O)C2CCC2)cc(=O)c2ccccc21. The van der Waals surface area contributed by atoms with Gasteiger partial charge >= 0.3 is 5.97 Å². The maximum Gasteiger partial charge on any atom is 0.323 e. The number of hydrogen-bond acceptors (Lipinski definition) is 3. The molecule has 23 heavy (non-hydrogen) atoms. The van der Waals surface area contributed by atoms with Gasteiger partial charge in [0.25, 0.3) is 5.91 Å². The molecule has 1 heterocycles. The number of aliphatic carboxylic acids is 1. The van der Waals surface area contributed by atoms with Gasteiger partial charge in [0.1, 0.15) is 12.2 Å². The Morgan fingerprint density at radius 1 is 1.30 bits per heavy atom. The zero-order chi connectivity index (χ0) is 16.6. The Bertz CT molecular complexity index is 836. The zero-order valence-electron chi connectivity index (χ0n) is 12.9. The molecule has 2 aromatic rings. The summed E-state index contributed by atoms with van der Waals surface area (Å²) in [5.41, 5.74) is 0.653. The summed E-state index contributed by atoms with van der Waals surface area (Å²) in [4.78, 5) is 37.6. The molecule has 0 aliphatic heterocycles. The van der Waals surface area contributed by atoms with Gasteiger partial charge in [0.15, 0.2) is 5.43 Å². The van der Waals surface area contributed by atoms with Crippen LogP contribution in [0, 0.1) is 0 Å². The number of carbonyl (C=O) groups excluding carboxylic acids is 1. The molecule has 0 unspecified atom stereocenters. The third-order valence-electron chi connectivity index (χ3n) is 4.46. The van der Waals surface area contributed by atoms with Crippen molar-refractivity contribution in [2.45, 2.75) is 25.3 Å². The summed E-state index contributed by atoms with van der Waals surface area (Å²) in [5, 5.41) is 9.62. The second-order valence-corrected chi connectivity index (χ2v) is 5.88. The van der Waals surface area contributed by atoms with E-state index >= 15 is 0 Å². The number of carboxylic acids is 1. The van der Waals surface area contributed by atoms with Crippen molar-refractivity contribution < 1.29 is 14.7 Å². The Kier molecular flexibility index (Phi) is 3.90. The van der Waals surface area contributed by atoms with E-state index in [4.69, 9.17) is 5.11 Å². The molecule has 0 spiro atoms. The zero-order valence-corrected chi connectivity index (χ0v) is 12.9. The lowest BCUT2D eigenvalue weighted by molar-refractivity contribution is -0.138. The molecule has 6 nitrogen and oxygen atoms in total. The minimum absolute atomic E-state index is 0.0554. The van der Waals surface area contributed by atoms with Crippen LogP contribution in [0.25, 0.3) is 10.9 Å². The van der Waals surface area contributed by atoms with Crippen molar-refractivity contribution in [3.8, 4) is 0 Å². The Balaban J connectivity index is 2.07. The summed E-state index contributed by atoms with van der Waals surface area (Å²) in [6.07, 6.45) is 2.60. The van der Waals surface area contributed by atoms with E-state index in [-0.39, 0.29) is 23.7 Å². The van der Waals surface area contributed by atoms with Gasteiger partial charge in [-0.25, -0.2) is 0 Å². The molecule has 1 aliphatic rings. The molecule has 3 rings (SSSR count). The Hall–Kier alpha value is -2.63. The van der Waals surface area contributed by atoms with Gasteiger partial charge in [0.2, 0.25) is 0 Å². The van der Waals surface area contributed by atoms with E-state index in [1.807, 2.05) is 0 Å². The number of benzene rings is 1. The number of amides is 1. The monoisotopic (exact) mass is 314 g/mol. The highest BCUT2D eigenvalue weighted by Gasteiger charge is 2.32. The van der Waals surface area contributed by atoms with E-state index < -0.39 is 11.9 Å². The van der Waals surface area contributed by atoms with Crippen LogP contribution in [0.4, 0.5) is 0 Å². The quantitative estimate of drug-likeness (QED) is 0.930. The first-order valence-electron chi connectivity index (χ1n) is 7.60. The Labute approximate surface area is 132 Å². The molecule has 0 bridgehead atoms. The van der Waals surface area contributed by atoms with Gasteiger partial charge in [-0.05, 0) is 31.4 Å². The van der Waals surface area contributed by atoms with Gasteiger partial charge in [0.05, 0.1) is 5.52 Å². The topological polar surface area (TPSA) is 79.6 Å². The average molecular weight is 314 g/mol. The molecule has 1 saturated carbocycles. The van der Waals surface area contributed by atoms with Crippen molar-refractivity contribution in [1.82, 2.24) is 9.47 Å². The standard InChI is InChI=1S/C17H18N2O4/c1-18-13-8-3-2-7-12(13)15(20)9-14(18)17(23)19(10-16(21)22)11-5-4-6-11/h2-3,7-9,11H,4-6,10H2,1H3,(H,21,22). The summed E-state index contributed by atoms with van der Waals surface area (Å²) < 4.78 is 1.66. The fourth-order valence-electron chi connectivity index (χ4n) is 2.97. The summed E-state index contributed by atoms with van der Waals surface area (Å²) >= 11 is 0. The second-order valence-electron chi connectivity index (χ2n) is 5.88. The first kappa shape index (κ1) is 15.3. The predicted molar refractivity (Wildman–Crippen MR) is 85.5 cm³/mol. The van der Waals surface area contributed by atoms with Crippen LogP contribution < -0.4 is 5.43 Å². The smallest absolute Gasteiger partial charge is 0.323 e. The van der Waals surface area contributed by atoms with Crippen molar-refractivity contribution in [3.05, 3.63) is 46.2 Å². The fraction of sp³-hybridized carbons (Fsp3) is 0.353. The number of rotatable bonds is 4. The Morgan fingerprint density at radius 3 is 2.61 bits per heavy atom. The summed E-state index contributed by atoms with van der Waals surface area (Å²) in [6.45, 7) is -0.343. The molecule has 0 atom stereocenters. The number of pyridine rings is 1. The van der Waals surface area contributed by atoms with Gasteiger partial charge < -0.3 is 14.6 Å². The van der Waals surface area contributed by atoms with Crippen molar-refractivity contribution in [3.63, 3.8) is 0 Å². The minimum atomic E-state index is -1.05. The average Bonchev–Trinajstić information content (AvgIpc) is 2.47. The van der Waals surface area contributed by atoms with Crippen molar-refractivity contribution in [1.29, 1.82) is 0 Å². The fourth-order valence-corrected chi connectivity index (χ4v) is 2.97. The number of nitrogens with zero attached hydrogens (tertiary/aromatic N) is 2. The maximum absolute atomic E-state index is 12.8. The number of carbonyl (C=O) groups is 2. The molecule has 1 aromatic carbocycles. The van der Waals surface area contributed by atoms with E-state index in [0.717, 1.165) is 19.3 Å². The molecular weight excluding hydrogens is 296 g/mol. The molecule has 1 aromatic heterocycles. The number of para-hydroxylation sites is 1. The number of aromatic nitrogens is 1. The first-order chi connectivity index (χ1) is 11.0. The number of carboxylic acid groups (broad SMARTS) is 1. The number of fused-ring (bicyclic) bond motifs is 1. The van der Waals surface area contributed by atoms with Crippen LogP contribution in [0.5, 0.6) is 0 Å². The van der Waals surface area contributed by atoms with E-state index in [1.165, 1.54) is 11.0 Å². The molecule has 1 fully saturated rings. The normalized spacial score (nSPS) is 14.5. The van der Waals surface area contributed by atoms with Crippen LogP contribution in [0.2, 0.25) is 0 Å². The van der Waals surface area contributed by atoms with Crippen molar-refractivity contribution >= 4 is 22.8 Å². The summed E-state index contributed by atoms with van der Waals surface area (Å²) in [5.74, 6) is -1.45. The highest BCUT2D eigenvalue weighted by Crippen LogP contribution is 2.26. The van der Waals surface area contributed by atoms with E-state index in [0.29, 0.717) is 10.9 Å². The molecule has 120 valence electrons. The predicted octanol–water partition coefficient (Wildman–Crippen LogP) is 1.62. The van der Waals surface area contributed by atoms with Crippen molar-refractivity contribution in [2.75, 3.05) is 6.54 Å². The third-order valence-corrected chi connectivity index (χ3v) is 4.46. The maximum atomic E-state index is 12.8. The van der Waals surface area contributed by atoms with Gasteiger partial charge in [-0.3, -0.25) is 14.4 Å². The largest absolute Gasteiger partial charge is 0.480 e. The number of aryl methyl sites for hydroxylation is 1. The molecule has 6 heteroatoms. The lowest BCUT2D eigenvalue weighted by atomic mass is 9.91. The van der Waals surface area contributed by atoms with Crippen LogP contribution >= 0.6 is 0 Å². The third kappa shape index (κ3) is 2.72. The van der Waals surface area contributed by atoms with E-state index in [2.05, 4.69) is 0 Å². The summed E-state index contributed by atoms with van der Waals surface area (Å²) in [7, 11) is 1.72. The lowest BCUT2D eigenvalue weighted by Crippen LogP contribution is -2.47. The molecule has 1 aliphatic carbocycles. The van der Waals surface area contributed by atoms with Gasteiger partial charge in [-0.2, -0.15) is 0 Å². The minimum Gasteiger partial charge on any atom is -0.480 e. The first-order valence-corrected chi connectivity index (χ1v) is 7.60. The van der Waals surface area contributed by atoms with Gasteiger partial charge in [-0.15, -0.1) is 0 Å². The van der Waals surface area contributed by atoms with Crippen LogP contribution in [0.3, 0.4) is 0 Å². The van der Waals surface area contributed by atoms with Crippen molar-refractivity contribution in [2.24, 2.45) is 7.05 Å². The van der Waals surface area contributed by atoms with E-state index in [9.17, 15) is 14.4 Å². The molecule has 0 radical (unpaired) electrons. The number of hydrogen-bond donors (Lipinski definition) is 1. The molecule has 0 saturated heterocycles.